The van der Waals surface area contributed by atoms with Crippen LogP contribution < -0.4 is 0 Å². The Morgan fingerprint density at radius 3 is 2.54 bits per heavy atom. The van der Waals surface area contributed by atoms with Crippen molar-refractivity contribution < 1.29 is 23.5 Å². The minimum absolute atomic E-state index is 0.267. The number of carboxylic acid groups (broad SMARTS) is 1. The molecule has 4 rings (SSSR count). The van der Waals surface area contributed by atoms with E-state index in [1.807, 2.05) is 38.1 Å². The van der Waals surface area contributed by atoms with Gasteiger partial charge in [-0.15, -0.1) is 0 Å². The predicted molar refractivity (Wildman–Crippen MR) is 140 cm³/mol. The van der Waals surface area contributed by atoms with Crippen LogP contribution in [-0.4, -0.2) is 34.8 Å². The zero-order valence-corrected chi connectivity index (χ0v) is 21.4. The maximum absolute atomic E-state index is 14.2. The van der Waals surface area contributed by atoms with E-state index in [0.717, 1.165) is 48.0 Å². The van der Waals surface area contributed by atoms with Gasteiger partial charge in [0.25, 0.3) is 0 Å². The molecule has 0 saturated carbocycles. The highest BCUT2D eigenvalue weighted by Crippen LogP contribution is 2.28. The molecular weight excluding hydrogens is 474 g/mol. The summed E-state index contributed by atoms with van der Waals surface area (Å²) in [7, 11) is 0. The number of likely N-dealkylation sites (tertiary alicyclic amines) is 1. The second kappa shape index (κ2) is 11.6. The van der Waals surface area contributed by atoms with E-state index < -0.39 is 17.6 Å². The highest BCUT2D eigenvalue weighted by atomic mass is 19.1. The normalized spacial score (nSPS) is 16.2. The van der Waals surface area contributed by atoms with Crippen LogP contribution in [0.5, 0.6) is 0 Å². The quantitative estimate of drug-likeness (QED) is 0.271. The minimum Gasteiger partial charge on any atom is -0.481 e. The predicted octanol–water partition coefficient (Wildman–Crippen LogP) is 6.35. The SMILES string of the molecule is CCc1cc(/C(C)=N/OCc2ccc(-c3ccc(F)cc3F)c(C)c2)ccc1CN1CC[C@H](C(=O)O)C1. The van der Waals surface area contributed by atoms with E-state index in [1.165, 1.54) is 23.3 Å². The van der Waals surface area contributed by atoms with Gasteiger partial charge >= 0.3 is 5.97 Å². The first kappa shape index (κ1) is 26.5. The fourth-order valence-electron chi connectivity index (χ4n) is 4.84. The van der Waals surface area contributed by atoms with Gasteiger partial charge in [0.05, 0.1) is 11.6 Å². The van der Waals surface area contributed by atoms with Crippen LogP contribution in [0.25, 0.3) is 11.1 Å². The Morgan fingerprint density at radius 1 is 1.08 bits per heavy atom. The van der Waals surface area contributed by atoms with Crippen LogP contribution in [-0.2, 0) is 29.2 Å². The summed E-state index contributed by atoms with van der Waals surface area (Å²) in [6, 6.07) is 15.4. The van der Waals surface area contributed by atoms with E-state index in [0.29, 0.717) is 24.1 Å². The summed E-state index contributed by atoms with van der Waals surface area (Å²) in [5.74, 6) is -2.18. The third kappa shape index (κ3) is 6.41. The number of hydrogen-bond acceptors (Lipinski definition) is 4. The number of benzene rings is 3. The van der Waals surface area contributed by atoms with Crippen molar-refractivity contribution in [3.63, 3.8) is 0 Å². The van der Waals surface area contributed by atoms with Gasteiger partial charge in [0.2, 0.25) is 0 Å². The van der Waals surface area contributed by atoms with E-state index in [4.69, 9.17) is 4.84 Å². The Morgan fingerprint density at radius 2 is 1.86 bits per heavy atom. The van der Waals surface area contributed by atoms with Crippen LogP contribution in [0.4, 0.5) is 8.78 Å². The van der Waals surface area contributed by atoms with Gasteiger partial charge in [-0.05, 0) is 84.8 Å². The highest BCUT2D eigenvalue weighted by Gasteiger charge is 2.28. The molecule has 3 aromatic carbocycles. The summed E-state index contributed by atoms with van der Waals surface area (Å²) in [5.41, 5.74) is 6.99. The Labute approximate surface area is 216 Å². The lowest BCUT2D eigenvalue weighted by molar-refractivity contribution is -0.141. The molecule has 1 aliphatic heterocycles. The number of aliphatic carboxylic acids is 1. The largest absolute Gasteiger partial charge is 0.481 e. The van der Waals surface area contributed by atoms with Gasteiger partial charge in [-0.2, -0.15) is 0 Å². The van der Waals surface area contributed by atoms with Crippen molar-refractivity contribution in [1.29, 1.82) is 0 Å². The van der Waals surface area contributed by atoms with E-state index in [2.05, 4.69) is 29.1 Å². The Bertz CT molecular complexity index is 1320. The van der Waals surface area contributed by atoms with Crippen molar-refractivity contribution in [1.82, 2.24) is 4.90 Å². The summed E-state index contributed by atoms with van der Waals surface area (Å²) in [6.07, 6.45) is 1.57. The van der Waals surface area contributed by atoms with Crippen LogP contribution in [0, 0.1) is 24.5 Å². The summed E-state index contributed by atoms with van der Waals surface area (Å²) in [5, 5.41) is 13.6. The monoisotopic (exact) mass is 506 g/mol. The van der Waals surface area contributed by atoms with Crippen molar-refractivity contribution in [2.24, 2.45) is 11.1 Å². The molecule has 0 bridgehead atoms. The number of carboxylic acids is 1. The molecule has 37 heavy (non-hydrogen) atoms. The maximum Gasteiger partial charge on any atom is 0.307 e. The van der Waals surface area contributed by atoms with Crippen LogP contribution in [0.1, 0.15) is 48.1 Å². The van der Waals surface area contributed by atoms with Gasteiger partial charge in [0.1, 0.15) is 18.2 Å². The van der Waals surface area contributed by atoms with E-state index in [9.17, 15) is 18.7 Å². The molecule has 0 spiro atoms. The topological polar surface area (TPSA) is 62.1 Å². The fourth-order valence-corrected chi connectivity index (χ4v) is 4.84. The molecule has 0 amide bonds. The summed E-state index contributed by atoms with van der Waals surface area (Å²) in [6.45, 7) is 8.30. The molecule has 1 N–H and O–H groups in total. The molecule has 0 aliphatic carbocycles. The second-order valence-electron chi connectivity index (χ2n) is 9.62. The summed E-state index contributed by atoms with van der Waals surface area (Å²) < 4.78 is 27.4. The second-order valence-corrected chi connectivity index (χ2v) is 9.62. The van der Waals surface area contributed by atoms with Gasteiger partial charge in [0, 0.05) is 24.7 Å². The molecule has 3 aromatic rings. The fraction of sp³-hybridized carbons (Fsp3) is 0.333. The first-order valence-electron chi connectivity index (χ1n) is 12.5. The van der Waals surface area contributed by atoms with Gasteiger partial charge in [0.15, 0.2) is 0 Å². The molecule has 1 fully saturated rings. The molecule has 5 nitrogen and oxygen atoms in total. The lowest BCUT2D eigenvalue weighted by Crippen LogP contribution is -2.23. The lowest BCUT2D eigenvalue weighted by Gasteiger charge is -2.18. The number of carbonyl (C=O) groups is 1. The van der Waals surface area contributed by atoms with Crippen LogP contribution in [0.3, 0.4) is 0 Å². The number of aryl methyl sites for hydroxylation is 2. The molecule has 1 atom stereocenters. The van der Waals surface area contributed by atoms with E-state index in [-0.39, 0.29) is 12.5 Å². The van der Waals surface area contributed by atoms with Crippen LogP contribution >= 0.6 is 0 Å². The van der Waals surface area contributed by atoms with E-state index in [1.54, 1.807) is 0 Å². The average Bonchev–Trinajstić information content (AvgIpc) is 3.34. The van der Waals surface area contributed by atoms with Gasteiger partial charge in [-0.3, -0.25) is 9.69 Å². The average molecular weight is 507 g/mol. The number of hydrogen-bond donors (Lipinski definition) is 1. The molecule has 0 radical (unpaired) electrons. The first-order chi connectivity index (χ1) is 17.7. The number of halogens is 2. The molecule has 0 aromatic heterocycles. The zero-order valence-electron chi connectivity index (χ0n) is 21.4. The van der Waals surface area contributed by atoms with Crippen molar-refractivity contribution >= 4 is 11.7 Å². The Hall–Kier alpha value is -3.58. The minimum atomic E-state index is -0.715. The third-order valence-electron chi connectivity index (χ3n) is 6.97. The molecule has 1 aliphatic rings. The summed E-state index contributed by atoms with van der Waals surface area (Å²) in [4.78, 5) is 19.1. The molecule has 1 heterocycles. The number of nitrogens with zero attached hydrogens (tertiary/aromatic N) is 2. The molecule has 0 unspecified atom stereocenters. The number of oxime groups is 1. The standard InChI is InChI=1S/C30H32F2N2O3/c1-4-22-14-23(6-7-24(22)16-34-12-11-25(17-34)30(35)36)20(3)33-37-18-21-5-9-27(19(2)13-21)28-10-8-26(31)15-29(28)32/h5-10,13-15,25H,4,11-12,16-18H2,1-3H3,(H,35,36)/b33-20+/t25-/m0/s1. The Balaban J connectivity index is 1.39. The van der Waals surface area contributed by atoms with Gasteiger partial charge in [-0.1, -0.05) is 42.4 Å². The third-order valence-corrected chi connectivity index (χ3v) is 6.97. The van der Waals surface area contributed by atoms with E-state index >= 15 is 0 Å². The smallest absolute Gasteiger partial charge is 0.307 e. The maximum atomic E-state index is 14.2. The molecule has 7 heteroatoms. The van der Waals surface area contributed by atoms with Crippen LogP contribution in [0.15, 0.2) is 59.8 Å². The highest BCUT2D eigenvalue weighted by molar-refractivity contribution is 5.98. The zero-order chi connectivity index (χ0) is 26.5. The lowest BCUT2D eigenvalue weighted by atomic mass is 9.98. The van der Waals surface area contributed by atoms with Crippen molar-refractivity contribution in [3.05, 3.63) is 94.0 Å². The molecular formula is C30H32F2N2O3. The summed E-state index contributed by atoms with van der Waals surface area (Å²) >= 11 is 0. The van der Waals surface area contributed by atoms with Gasteiger partial charge < -0.3 is 9.94 Å². The number of rotatable bonds is 9. The molecule has 194 valence electrons. The van der Waals surface area contributed by atoms with Crippen molar-refractivity contribution in [2.45, 2.75) is 46.8 Å². The van der Waals surface area contributed by atoms with Crippen LogP contribution in [0.2, 0.25) is 0 Å². The van der Waals surface area contributed by atoms with Crippen molar-refractivity contribution in [2.75, 3.05) is 13.1 Å². The first-order valence-corrected chi connectivity index (χ1v) is 12.5. The Kier molecular flexibility index (Phi) is 8.34. The van der Waals surface area contributed by atoms with Crippen molar-refractivity contribution in [3.8, 4) is 11.1 Å². The van der Waals surface area contributed by atoms with Gasteiger partial charge in [-0.25, -0.2) is 8.78 Å². The molecule has 1 saturated heterocycles.